The van der Waals surface area contributed by atoms with Gasteiger partial charge in [0.1, 0.15) is 0 Å². The third-order valence-corrected chi connectivity index (χ3v) is 2.76. The smallest absolute Gasteiger partial charge is 0.203 e. The predicted molar refractivity (Wildman–Crippen MR) is 67.9 cm³/mol. The van der Waals surface area contributed by atoms with Gasteiger partial charge in [-0.25, -0.2) is 4.98 Å². The topological polar surface area (TPSA) is 47.7 Å². The highest BCUT2D eigenvalue weighted by atomic mass is 15.3. The molecule has 2 aromatic rings. The van der Waals surface area contributed by atoms with Crippen molar-refractivity contribution in [2.45, 2.75) is 26.8 Å². The van der Waals surface area contributed by atoms with Crippen LogP contribution in [0, 0.1) is 6.92 Å². The van der Waals surface area contributed by atoms with Crippen LogP contribution in [0.25, 0.3) is 0 Å². The number of aromatic nitrogens is 4. The van der Waals surface area contributed by atoms with E-state index in [1.165, 1.54) is 5.56 Å². The number of imidazole rings is 1. The van der Waals surface area contributed by atoms with Crippen molar-refractivity contribution in [2.24, 2.45) is 14.1 Å². The van der Waals surface area contributed by atoms with Crippen molar-refractivity contribution in [3.05, 3.63) is 29.3 Å². The summed E-state index contributed by atoms with van der Waals surface area (Å²) >= 11 is 0. The first-order valence-electron chi connectivity index (χ1n) is 5.85. The number of nitrogens with one attached hydrogen (secondary N) is 1. The molecule has 5 nitrogen and oxygen atoms in total. The molecule has 0 saturated heterocycles. The van der Waals surface area contributed by atoms with E-state index in [2.05, 4.69) is 28.5 Å². The summed E-state index contributed by atoms with van der Waals surface area (Å²) in [6.07, 6.45) is 5.02. The Hall–Kier alpha value is -1.78. The number of hydrogen-bond donors (Lipinski definition) is 1. The van der Waals surface area contributed by atoms with Crippen LogP contribution in [-0.2, 0) is 27.1 Å². The van der Waals surface area contributed by atoms with Gasteiger partial charge in [0.25, 0.3) is 0 Å². The highest BCUT2D eigenvalue weighted by Crippen LogP contribution is 2.11. The summed E-state index contributed by atoms with van der Waals surface area (Å²) in [5, 5.41) is 7.76. The summed E-state index contributed by atoms with van der Waals surface area (Å²) in [4.78, 5) is 4.41. The van der Waals surface area contributed by atoms with Crippen LogP contribution in [0.1, 0.15) is 23.9 Å². The van der Waals surface area contributed by atoms with E-state index in [0.717, 1.165) is 30.3 Å². The maximum Gasteiger partial charge on any atom is 0.203 e. The van der Waals surface area contributed by atoms with E-state index >= 15 is 0 Å². The summed E-state index contributed by atoms with van der Waals surface area (Å²) in [5.41, 5.74) is 3.40. The molecule has 0 aliphatic rings. The molecule has 2 heterocycles. The molecular weight excluding hydrogens is 214 g/mol. The normalized spacial score (nSPS) is 10.8. The van der Waals surface area contributed by atoms with Gasteiger partial charge in [0.15, 0.2) is 0 Å². The molecule has 0 aliphatic carbocycles. The average Bonchev–Trinajstić information content (AvgIpc) is 2.78. The molecule has 0 spiro atoms. The number of anilines is 1. The average molecular weight is 233 g/mol. The fraction of sp³-hybridized carbons (Fsp3) is 0.500. The van der Waals surface area contributed by atoms with Crippen LogP contribution in [0.15, 0.2) is 12.4 Å². The summed E-state index contributed by atoms with van der Waals surface area (Å²) < 4.78 is 3.86. The maximum absolute atomic E-state index is 4.42. The van der Waals surface area contributed by atoms with E-state index in [-0.39, 0.29) is 0 Å². The first kappa shape index (κ1) is 11.7. The summed E-state index contributed by atoms with van der Waals surface area (Å²) in [5.74, 6) is 0.897. The van der Waals surface area contributed by atoms with Crippen molar-refractivity contribution in [3.8, 4) is 0 Å². The minimum Gasteiger partial charge on any atom is -0.351 e. The fourth-order valence-electron chi connectivity index (χ4n) is 1.98. The Bertz CT molecular complexity index is 509. The minimum atomic E-state index is 0.765. The Kier molecular flexibility index (Phi) is 3.17. The van der Waals surface area contributed by atoms with Gasteiger partial charge in [-0.05, 0) is 13.3 Å². The molecule has 0 amide bonds. The Morgan fingerprint density at radius 2 is 2.06 bits per heavy atom. The first-order valence-corrected chi connectivity index (χ1v) is 5.85. The van der Waals surface area contributed by atoms with Crippen LogP contribution < -0.4 is 5.32 Å². The van der Waals surface area contributed by atoms with Crippen molar-refractivity contribution in [1.29, 1.82) is 0 Å². The fourth-order valence-corrected chi connectivity index (χ4v) is 1.98. The molecule has 5 heteroatoms. The van der Waals surface area contributed by atoms with Crippen molar-refractivity contribution < 1.29 is 0 Å². The zero-order valence-electron chi connectivity index (χ0n) is 10.9. The van der Waals surface area contributed by atoms with Gasteiger partial charge >= 0.3 is 0 Å². The molecule has 1 N–H and O–H groups in total. The minimum absolute atomic E-state index is 0.765. The van der Waals surface area contributed by atoms with E-state index in [1.54, 1.807) is 0 Å². The van der Waals surface area contributed by atoms with Gasteiger partial charge in [-0.15, -0.1) is 0 Å². The zero-order valence-corrected chi connectivity index (χ0v) is 10.9. The maximum atomic E-state index is 4.42. The molecule has 2 rings (SSSR count). The third-order valence-electron chi connectivity index (χ3n) is 2.76. The first-order chi connectivity index (χ1) is 8.10. The summed E-state index contributed by atoms with van der Waals surface area (Å²) in [6.45, 7) is 4.88. The van der Waals surface area contributed by atoms with Crippen molar-refractivity contribution >= 4 is 5.95 Å². The van der Waals surface area contributed by atoms with E-state index in [9.17, 15) is 0 Å². The van der Waals surface area contributed by atoms with E-state index in [0.29, 0.717) is 0 Å². The highest BCUT2D eigenvalue weighted by molar-refractivity contribution is 5.31. The van der Waals surface area contributed by atoms with Gasteiger partial charge in [-0.1, -0.05) is 6.92 Å². The Morgan fingerprint density at radius 3 is 2.65 bits per heavy atom. The van der Waals surface area contributed by atoms with Crippen LogP contribution in [-0.4, -0.2) is 19.3 Å². The monoisotopic (exact) mass is 233 g/mol. The number of rotatable bonds is 4. The molecule has 0 bridgehead atoms. The van der Waals surface area contributed by atoms with E-state index in [4.69, 9.17) is 0 Å². The second-order valence-corrected chi connectivity index (χ2v) is 4.30. The lowest BCUT2D eigenvalue weighted by Crippen LogP contribution is -2.05. The Balaban J connectivity index is 2.09. The van der Waals surface area contributed by atoms with Crippen molar-refractivity contribution in [3.63, 3.8) is 0 Å². The molecular formula is C12H19N5. The number of hydrogen-bond acceptors (Lipinski definition) is 3. The molecule has 0 aromatic carbocycles. The van der Waals surface area contributed by atoms with Gasteiger partial charge in [-0.2, -0.15) is 5.10 Å². The van der Waals surface area contributed by atoms with Crippen LogP contribution >= 0.6 is 0 Å². The lowest BCUT2D eigenvalue weighted by atomic mass is 10.2. The molecule has 92 valence electrons. The standard InChI is InChI=1S/C12H19N5/c1-5-11-10(8-17(4)15-11)6-13-12-14-9(2)7-16(12)3/h7-8H,5-6H2,1-4H3,(H,13,14). The van der Waals surface area contributed by atoms with Gasteiger partial charge in [0.2, 0.25) is 5.95 Å². The van der Waals surface area contributed by atoms with Gasteiger partial charge in [-0.3, -0.25) is 4.68 Å². The van der Waals surface area contributed by atoms with Crippen LogP contribution in [0.4, 0.5) is 5.95 Å². The number of aryl methyl sites for hydroxylation is 4. The zero-order chi connectivity index (χ0) is 12.4. The predicted octanol–water partition coefficient (Wildman–Crippen LogP) is 1.64. The van der Waals surface area contributed by atoms with E-state index < -0.39 is 0 Å². The molecule has 2 aromatic heterocycles. The molecule has 17 heavy (non-hydrogen) atoms. The Morgan fingerprint density at radius 1 is 1.29 bits per heavy atom. The number of nitrogens with zero attached hydrogens (tertiary/aromatic N) is 4. The van der Waals surface area contributed by atoms with Gasteiger partial charge in [0, 0.05) is 38.6 Å². The highest BCUT2D eigenvalue weighted by Gasteiger charge is 2.07. The second-order valence-electron chi connectivity index (χ2n) is 4.30. The van der Waals surface area contributed by atoms with Crippen LogP contribution in [0.5, 0.6) is 0 Å². The largest absolute Gasteiger partial charge is 0.351 e. The van der Waals surface area contributed by atoms with Crippen LogP contribution in [0.3, 0.4) is 0 Å². The Labute approximate surface area is 101 Å². The third kappa shape index (κ3) is 2.49. The molecule has 0 unspecified atom stereocenters. The van der Waals surface area contributed by atoms with Crippen LogP contribution in [0.2, 0.25) is 0 Å². The molecule has 0 atom stereocenters. The van der Waals surface area contributed by atoms with Gasteiger partial charge < -0.3 is 9.88 Å². The summed E-state index contributed by atoms with van der Waals surface area (Å²) in [6, 6.07) is 0. The molecule has 0 fully saturated rings. The quantitative estimate of drug-likeness (QED) is 0.873. The SMILES string of the molecule is CCc1nn(C)cc1CNc1nc(C)cn1C. The molecule has 0 radical (unpaired) electrons. The summed E-state index contributed by atoms with van der Waals surface area (Å²) in [7, 11) is 3.94. The lowest BCUT2D eigenvalue weighted by Gasteiger charge is -2.05. The van der Waals surface area contributed by atoms with Gasteiger partial charge in [0.05, 0.1) is 11.4 Å². The molecule has 0 aliphatic heterocycles. The second kappa shape index (κ2) is 4.61. The van der Waals surface area contributed by atoms with Crippen molar-refractivity contribution in [2.75, 3.05) is 5.32 Å². The molecule has 0 saturated carbocycles. The van der Waals surface area contributed by atoms with Crippen molar-refractivity contribution in [1.82, 2.24) is 19.3 Å². The van der Waals surface area contributed by atoms with E-state index in [1.807, 2.05) is 36.5 Å². The lowest BCUT2D eigenvalue weighted by molar-refractivity contribution is 0.746.